The molecule has 29 heavy (non-hydrogen) atoms. The number of benzene rings is 1. The number of aliphatic hydroxyl groups excluding tert-OH is 1. The first-order valence-corrected chi connectivity index (χ1v) is 10.8. The SMILES string of the molecule is Cc1cccc(C[C@H](O)/C=C/[C@H]2CCC(=O)N2CCCc2ccc(C(=O)O)s2)c1. The Morgan fingerprint density at radius 1 is 1.34 bits per heavy atom. The summed E-state index contributed by atoms with van der Waals surface area (Å²) < 4.78 is 0. The van der Waals surface area contributed by atoms with Crippen LogP contribution in [0, 0.1) is 6.92 Å². The molecular formula is C23H27NO4S. The van der Waals surface area contributed by atoms with Crippen molar-refractivity contribution in [3.05, 3.63) is 69.4 Å². The summed E-state index contributed by atoms with van der Waals surface area (Å²) in [5.41, 5.74) is 2.27. The van der Waals surface area contributed by atoms with E-state index in [2.05, 4.69) is 6.07 Å². The number of likely N-dealkylation sites (tertiary alicyclic amines) is 1. The van der Waals surface area contributed by atoms with Gasteiger partial charge in [-0.05, 0) is 43.9 Å². The second-order valence-electron chi connectivity index (χ2n) is 7.51. The van der Waals surface area contributed by atoms with Crippen molar-refractivity contribution in [1.82, 2.24) is 4.90 Å². The van der Waals surface area contributed by atoms with Gasteiger partial charge in [0, 0.05) is 24.3 Å². The largest absolute Gasteiger partial charge is 0.477 e. The Balaban J connectivity index is 1.51. The summed E-state index contributed by atoms with van der Waals surface area (Å²) in [7, 11) is 0. The van der Waals surface area contributed by atoms with E-state index in [0.29, 0.717) is 24.3 Å². The Morgan fingerprint density at radius 3 is 2.90 bits per heavy atom. The van der Waals surface area contributed by atoms with Crippen LogP contribution in [-0.2, 0) is 17.6 Å². The van der Waals surface area contributed by atoms with Gasteiger partial charge in [0.1, 0.15) is 4.88 Å². The van der Waals surface area contributed by atoms with E-state index in [9.17, 15) is 14.7 Å². The lowest BCUT2D eigenvalue weighted by Crippen LogP contribution is -2.33. The molecule has 154 valence electrons. The fourth-order valence-corrected chi connectivity index (χ4v) is 4.59. The highest BCUT2D eigenvalue weighted by atomic mass is 32.1. The van der Waals surface area contributed by atoms with Gasteiger partial charge < -0.3 is 15.1 Å². The highest BCUT2D eigenvalue weighted by Gasteiger charge is 2.28. The maximum Gasteiger partial charge on any atom is 0.345 e. The lowest BCUT2D eigenvalue weighted by Gasteiger charge is -2.22. The molecule has 1 aliphatic rings. The van der Waals surface area contributed by atoms with Gasteiger partial charge in [-0.2, -0.15) is 0 Å². The molecule has 0 spiro atoms. The zero-order valence-corrected chi connectivity index (χ0v) is 17.4. The Kier molecular flexibility index (Phi) is 7.23. The van der Waals surface area contributed by atoms with Crippen molar-refractivity contribution in [1.29, 1.82) is 0 Å². The molecule has 2 aromatic rings. The van der Waals surface area contributed by atoms with E-state index in [1.807, 2.05) is 42.2 Å². The van der Waals surface area contributed by atoms with Gasteiger partial charge in [-0.25, -0.2) is 4.79 Å². The third-order valence-corrected chi connectivity index (χ3v) is 6.29. The van der Waals surface area contributed by atoms with E-state index in [-0.39, 0.29) is 11.9 Å². The minimum absolute atomic E-state index is 0.0209. The summed E-state index contributed by atoms with van der Waals surface area (Å²) in [6.07, 6.45) is 6.60. The van der Waals surface area contributed by atoms with Gasteiger partial charge in [0.05, 0.1) is 12.1 Å². The zero-order chi connectivity index (χ0) is 20.8. The first-order chi connectivity index (χ1) is 13.9. The van der Waals surface area contributed by atoms with Crippen molar-refractivity contribution in [2.45, 2.75) is 51.2 Å². The van der Waals surface area contributed by atoms with Crippen LogP contribution < -0.4 is 0 Å². The molecule has 6 heteroatoms. The Labute approximate surface area is 175 Å². The number of aromatic carboxylic acids is 1. The first-order valence-electron chi connectivity index (χ1n) is 9.96. The number of carbonyl (C=O) groups excluding carboxylic acids is 1. The molecular weight excluding hydrogens is 386 g/mol. The number of thiophene rings is 1. The lowest BCUT2D eigenvalue weighted by molar-refractivity contribution is -0.128. The third kappa shape index (κ3) is 6.02. The summed E-state index contributed by atoms with van der Waals surface area (Å²) in [4.78, 5) is 26.5. The van der Waals surface area contributed by atoms with Crippen LogP contribution in [0.15, 0.2) is 48.6 Å². The number of amides is 1. The van der Waals surface area contributed by atoms with Crippen LogP contribution >= 0.6 is 11.3 Å². The van der Waals surface area contributed by atoms with Gasteiger partial charge in [0.15, 0.2) is 0 Å². The topological polar surface area (TPSA) is 77.8 Å². The number of carbonyl (C=O) groups is 2. The second-order valence-corrected chi connectivity index (χ2v) is 8.68. The Hall–Kier alpha value is -2.44. The molecule has 1 saturated heterocycles. The highest BCUT2D eigenvalue weighted by molar-refractivity contribution is 7.13. The molecule has 2 heterocycles. The maximum absolute atomic E-state index is 12.2. The van der Waals surface area contributed by atoms with Gasteiger partial charge in [-0.15, -0.1) is 11.3 Å². The fourth-order valence-electron chi connectivity index (χ4n) is 3.70. The number of hydrogen-bond acceptors (Lipinski definition) is 4. The van der Waals surface area contributed by atoms with Gasteiger partial charge in [-0.1, -0.05) is 42.0 Å². The second kappa shape index (κ2) is 9.85. The number of aryl methyl sites for hydroxylation is 2. The summed E-state index contributed by atoms with van der Waals surface area (Å²) >= 11 is 1.29. The summed E-state index contributed by atoms with van der Waals surface area (Å²) in [6, 6.07) is 11.6. The minimum Gasteiger partial charge on any atom is -0.477 e. The molecule has 1 aromatic carbocycles. The van der Waals surface area contributed by atoms with Crippen LogP contribution in [0.3, 0.4) is 0 Å². The lowest BCUT2D eigenvalue weighted by atomic mass is 10.0. The molecule has 1 fully saturated rings. The monoisotopic (exact) mass is 413 g/mol. The summed E-state index contributed by atoms with van der Waals surface area (Å²) in [6.45, 7) is 2.68. The number of aliphatic hydroxyl groups is 1. The summed E-state index contributed by atoms with van der Waals surface area (Å²) in [5, 5.41) is 19.3. The molecule has 0 unspecified atom stereocenters. The normalized spacial score (nSPS) is 17.9. The van der Waals surface area contributed by atoms with Crippen LogP contribution in [0.1, 0.15) is 44.9 Å². The quantitative estimate of drug-likeness (QED) is 0.613. The number of hydrogen-bond donors (Lipinski definition) is 2. The Bertz CT molecular complexity index is 889. The van der Waals surface area contributed by atoms with E-state index in [1.54, 1.807) is 12.1 Å². The van der Waals surface area contributed by atoms with Gasteiger partial charge in [-0.3, -0.25) is 4.79 Å². The summed E-state index contributed by atoms with van der Waals surface area (Å²) in [5.74, 6) is -0.754. The molecule has 0 radical (unpaired) electrons. The zero-order valence-electron chi connectivity index (χ0n) is 16.6. The number of rotatable bonds is 9. The highest BCUT2D eigenvalue weighted by Crippen LogP contribution is 2.23. The average molecular weight is 414 g/mol. The van der Waals surface area contributed by atoms with E-state index in [1.165, 1.54) is 16.9 Å². The molecule has 1 aliphatic heterocycles. The molecule has 2 N–H and O–H groups in total. The number of carboxylic acid groups (broad SMARTS) is 1. The van der Waals surface area contributed by atoms with E-state index < -0.39 is 12.1 Å². The van der Waals surface area contributed by atoms with Crippen molar-refractivity contribution in [3.8, 4) is 0 Å². The van der Waals surface area contributed by atoms with E-state index >= 15 is 0 Å². The van der Waals surface area contributed by atoms with Crippen LogP contribution in [-0.4, -0.2) is 45.7 Å². The Morgan fingerprint density at radius 2 is 2.17 bits per heavy atom. The van der Waals surface area contributed by atoms with Crippen molar-refractivity contribution in [2.75, 3.05) is 6.54 Å². The predicted octanol–water partition coefficient (Wildman–Crippen LogP) is 3.84. The van der Waals surface area contributed by atoms with Crippen LogP contribution in [0.25, 0.3) is 0 Å². The molecule has 0 saturated carbocycles. The van der Waals surface area contributed by atoms with Crippen molar-refractivity contribution >= 4 is 23.2 Å². The molecule has 0 aliphatic carbocycles. The third-order valence-electron chi connectivity index (χ3n) is 5.15. The average Bonchev–Trinajstić information content (AvgIpc) is 3.28. The molecule has 2 atom stereocenters. The number of nitrogens with zero attached hydrogens (tertiary/aromatic N) is 1. The first kappa shape index (κ1) is 21.3. The maximum atomic E-state index is 12.2. The van der Waals surface area contributed by atoms with Gasteiger partial charge in [0.2, 0.25) is 5.91 Å². The van der Waals surface area contributed by atoms with Crippen molar-refractivity contribution in [2.24, 2.45) is 0 Å². The van der Waals surface area contributed by atoms with E-state index in [4.69, 9.17) is 5.11 Å². The minimum atomic E-state index is -0.898. The van der Waals surface area contributed by atoms with Crippen molar-refractivity contribution in [3.63, 3.8) is 0 Å². The molecule has 0 bridgehead atoms. The van der Waals surface area contributed by atoms with E-state index in [0.717, 1.165) is 29.7 Å². The fraction of sp³-hybridized carbons (Fsp3) is 0.391. The van der Waals surface area contributed by atoms with Gasteiger partial charge >= 0.3 is 5.97 Å². The van der Waals surface area contributed by atoms with Crippen LogP contribution in [0.5, 0.6) is 0 Å². The van der Waals surface area contributed by atoms with Gasteiger partial charge in [0.25, 0.3) is 0 Å². The van der Waals surface area contributed by atoms with Crippen LogP contribution in [0.4, 0.5) is 0 Å². The van der Waals surface area contributed by atoms with Crippen molar-refractivity contribution < 1.29 is 19.8 Å². The van der Waals surface area contributed by atoms with Crippen LogP contribution in [0.2, 0.25) is 0 Å². The molecule has 1 aromatic heterocycles. The number of carboxylic acids is 1. The smallest absolute Gasteiger partial charge is 0.345 e. The molecule has 3 rings (SSSR count). The molecule has 1 amide bonds. The standard InChI is InChI=1S/C23H27NO4S/c1-16-4-2-5-17(14-16)15-19(25)9-7-18-8-12-22(26)24(18)13-3-6-20-10-11-21(29-20)23(27)28/h2,4-5,7,9-11,14,18-19,25H,3,6,8,12-13,15H2,1H3,(H,27,28)/b9-7+/t18-,19+/m0/s1. The molecule has 5 nitrogen and oxygen atoms in total. The predicted molar refractivity (Wildman–Crippen MR) is 114 cm³/mol.